The maximum absolute atomic E-state index is 12.3. The average Bonchev–Trinajstić information content (AvgIpc) is 3.03. The fourth-order valence-electron chi connectivity index (χ4n) is 2.82. The highest BCUT2D eigenvalue weighted by molar-refractivity contribution is 7.99. The Kier molecular flexibility index (Phi) is 6.82. The summed E-state index contributed by atoms with van der Waals surface area (Å²) in [7, 11) is 1.87. The van der Waals surface area contributed by atoms with Crippen LogP contribution in [0.15, 0.2) is 41.6 Å². The van der Waals surface area contributed by atoms with Crippen molar-refractivity contribution in [2.24, 2.45) is 7.05 Å². The second kappa shape index (κ2) is 9.33. The molecule has 0 atom stereocenters. The van der Waals surface area contributed by atoms with Gasteiger partial charge in [-0.1, -0.05) is 47.6 Å². The highest BCUT2D eigenvalue weighted by Gasteiger charge is 2.14. The maximum atomic E-state index is 12.3. The topological polar surface area (TPSA) is 69.0 Å². The second-order valence-electron chi connectivity index (χ2n) is 6.72. The van der Waals surface area contributed by atoms with Gasteiger partial charge in [-0.25, -0.2) is 0 Å². The number of hydrogen-bond donors (Lipinski definition) is 1. The van der Waals surface area contributed by atoms with Crippen molar-refractivity contribution in [3.8, 4) is 5.75 Å². The molecule has 0 radical (unpaired) electrons. The van der Waals surface area contributed by atoms with E-state index in [0.29, 0.717) is 28.3 Å². The molecule has 8 heteroatoms. The number of ether oxygens (including phenoxy) is 1. The van der Waals surface area contributed by atoms with Gasteiger partial charge in [0.2, 0.25) is 5.91 Å². The van der Waals surface area contributed by atoms with E-state index in [1.807, 2.05) is 62.7 Å². The van der Waals surface area contributed by atoms with Crippen LogP contribution >= 0.6 is 23.4 Å². The van der Waals surface area contributed by atoms with E-state index in [-0.39, 0.29) is 11.7 Å². The Bertz CT molecular complexity index is 1020. The highest BCUT2D eigenvalue weighted by atomic mass is 35.5. The number of thioether (sulfide) groups is 1. The quantitative estimate of drug-likeness (QED) is 0.550. The molecule has 2 aromatic carbocycles. The summed E-state index contributed by atoms with van der Waals surface area (Å²) in [5, 5.41) is 12.5. The number of rotatable bonds is 7. The third-order valence-corrected chi connectivity index (χ3v) is 5.98. The molecular formula is C21H23ClN4O2S. The number of nitrogens with zero attached hydrogens (tertiary/aromatic N) is 3. The summed E-state index contributed by atoms with van der Waals surface area (Å²) in [5.41, 5.74) is 3.71. The van der Waals surface area contributed by atoms with Crippen molar-refractivity contribution in [2.45, 2.75) is 32.5 Å². The van der Waals surface area contributed by atoms with Crippen LogP contribution in [0.3, 0.4) is 0 Å². The molecule has 0 spiro atoms. The fourth-order valence-corrected chi connectivity index (χ4v) is 3.72. The predicted octanol–water partition coefficient (Wildman–Crippen LogP) is 4.70. The molecule has 1 N–H and O–H groups in total. The van der Waals surface area contributed by atoms with Crippen LogP contribution in [0.4, 0.5) is 5.69 Å². The molecule has 3 aromatic rings. The van der Waals surface area contributed by atoms with Crippen molar-refractivity contribution < 1.29 is 9.53 Å². The first-order chi connectivity index (χ1) is 13.9. The van der Waals surface area contributed by atoms with Gasteiger partial charge >= 0.3 is 0 Å². The summed E-state index contributed by atoms with van der Waals surface area (Å²) < 4.78 is 7.80. The first kappa shape index (κ1) is 21.2. The zero-order chi connectivity index (χ0) is 21.0. The molecule has 0 saturated carbocycles. The van der Waals surface area contributed by atoms with Crippen LogP contribution in [0.5, 0.6) is 5.75 Å². The number of aromatic nitrogens is 3. The molecule has 152 valence electrons. The Hall–Kier alpha value is -2.51. The molecule has 1 heterocycles. The van der Waals surface area contributed by atoms with Gasteiger partial charge in [0.15, 0.2) is 11.0 Å². The molecule has 0 aliphatic heterocycles. The van der Waals surface area contributed by atoms with Crippen LogP contribution in [-0.4, -0.2) is 26.4 Å². The lowest BCUT2D eigenvalue weighted by molar-refractivity contribution is -0.113. The largest absolute Gasteiger partial charge is 0.485 e. The molecule has 0 bridgehead atoms. The number of anilines is 1. The molecule has 0 fully saturated rings. The molecule has 0 unspecified atom stereocenters. The molecule has 29 heavy (non-hydrogen) atoms. The molecule has 1 amide bonds. The first-order valence-electron chi connectivity index (χ1n) is 9.12. The monoisotopic (exact) mass is 430 g/mol. The number of aryl methyl sites for hydroxylation is 2. The van der Waals surface area contributed by atoms with Crippen LogP contribution in [0.2, 0.25) is 5.02 Å². The Morgan fingerprint density at radius 1 is 1.14 bits per heavy atom. The number of nitrogens with one attached hydrogen (secondary N) is 1. The number of benzene rings is 2. The average molecular weight is 431 g/mol. The lowest BCUT2D eigenvalue weighted by atomic mass is 10.1. The van der Waals surface area contributed by atoms with Crippen molar-refractivity contribution in [3.05, 3.63) is 63.9 Å². The minimum Gasteiger partial charge on any atom is -0.485 e. The summed E-state index contributed by atoms with van der Waals surface area (Å²) in [6, 6.07) is 11.5. The van der Waals surface area contributed by atoms with E-state index < -0.39 is 0 Å². The van der Waals surface area contributed by atoms with Gasteiger partial charge in [0.05, 0.1) is 5.75 Å². The van der Waals surface area contributed by atoms with Gasteiger partial charge in [0, 0.05) is 17.8 Å². The molecule has 1 aromatic heterocycles. The SMILES string of the molecule is Cc1cccc(C)c1OCc1nnc(SCC(=O)Nc2cccc(Cl)c2C)n1C. The number of carbonyl (C=O) groups is 1. The zero-order valence-corrected chi connectivity index (χ0v) is 18.4. The van der Waals surface area contributed by atoms with E-state index in [1.165, 1.54) is 11.8 Å². The molecule has 0 saturated heterocycles. The Morgan fingerprint density at radius 3 is 2.55 bits per heavy atom. The standard InChI is InChI=1S/C21H23ClN4O2S/c1-13-7-5-8-14(2)20(13)28-11-18-24-25-21(26(18)4)29-12-19(27)23-17-10-6-9-16(22)15(17)3/h5-10H,11-12H2,1-4H3,(H,23,27). The molecule has 6 nitrogen and oxygen atoms in total. The van der Waals surface area contributed by atoms with Crippen molar-refractivity contribution >= 4 is 35.0 Å². The number of carbonyl (C=O) groups excluding carboxylic acids is 1. The zero-order valence-electron chi connectivity index (χ0n) is 16.8. The van der Waals surface area contributed by atoms with Gasteiger partial charge in [-0.05, 0) is 49.6 Å². The van der Waals surface area contributed by atoms with E-state index >= 15 is 0 Å². The molecule has 0 aliphatic carbocycles. The minimum atomic E-state index is -0.128. The summed E-state index contributed by atoms with van der Waals surface area (Å²) >= 11 is 7.42. The molecule has 0 aliphatic rings. The lowest BCUT2D eigenvalue weighted by Gasteiger charge is -2.11. The third kappa shape index (κ3) is 5.10. The second-order valence-corrected chi connectivity index (χ2v) is 8.07. The van der Waals surface area contributed by atoms with Crippen LogP contribution in [0.25, 0.3) is 0 Å². The van der Waals surface area contributed by atoms with Gasteiger partial charge in [-0.15, -0.1) is 10.2 Å². The van der Waals surface area contributed by atoms with E-state index in [2.05, 4.69) is 15.5 Å². The van der Waals surface area contributed by atoms with Gasteiger partial charge in [0.25, 0.3) is 0 Å². The Balaban J connectivity index is 1.58. The number of para-hydroxylation sites is 1. The smallest absolute Gasteiger partial charge is 0.234 e. The van der Waals surface area contributed by atoms with Gasteiger partial charge < -0.3 is 14.6 Å². The highest BCUT2D eigenvalue weighted by Crippen LogP contribution is 2.25. The van der Waals surface area contributed by atoms with Crippen molar-refractivity contribution in [1.29, 1.82) is 0 Å². The van der Waals surface area contributed by atoms with E-state index in [4.69, 9.17) is 16.3 Å². The number of amides is 1. The van der Waals surface area contributed by atoms with Crippen LogP contribution in [-0.2, 0) is 18.4 Å². The van der Waals surface area contributed by atoms with Crippen molar-refractivity contribution in [3.63, 3.8) is 0 Å². The normalized spacial score (nSPS) is 10.8. The summed E-state index contributed by atoms with van der Waals surface area (Å²) in [5.74, 6) is 1.65. The summed E-state index contributed by atoms with van der Waals surface area (Å²) in [6.45, 7) is 6.21. The lowest BCUT2D eigenvalue weighted by Crippen LogP contribution is -2.15. The van der Waals surface area contributed by atoms with Crippen LogP contribution in [0.1, 0.15) is 22.5 Å². The maximum Gasteiger partial charge on any atom is 0.234 e. The van der Waals surface area contributed by atoms with E-state index in [1.54, 1.807) is 6.07 Å². The van der Waals surface area contributed by atoms with Gasteiger partial charge in [-0.2, -0.15) is 0 Å². The fraction of sp³-hybridized carbons (Fsp3) is 0.286. The predicted molar refractivity (Wildman–Crippen MR) is 117 cm³/mol. The van der Waals surface area contributed by atoms with Crippen molar-refractivity contribution in [1.82, 2.24) is 14.8 Å². The summed E-state index contributed by atoms with van der Waals surface area (Å²) in [6.07, 6.45) is 0. The van der Waals surface area contributed by atoms with Crippen molar-refractivity contribution in [2.75, 3.05) is 11.1 Å². The van der Waals surface area contributed by atoms with Crippen LogP contribution < -0.4 is 10.1 Å². The molecule has 3 rings (SSSR count). The first-order valence-corrected chi connectivity index (χ1v) is 10.5. The number of halogens is 1. The van der Waals surface area contributed by atoms with Gasteiger partial charge in [0.1, 0.15) is 12.4 Å². The third-order valence-electron chi connectivity index (χ3n) is 4.55. The Labute approximate surface area is 179 Å². The Morgan fingerprint density at radius 2 is 1.83 bits per heavy atom. The minimum absolute atomic E-state index is 0.128. The van der Waals surface area contributed by atoms with Crippen LogP contribution in [0, 0.1) is 20.8 Å². The molecular weight excluding hydrogens is 408 g/mol. The van der Waals surface area contributed by atoms with E-state index in [0.717, 1.165) is 22.4 Å². The number of hydrogen-bond acceptors (Lipinski definition) is 5. The van der Waals surface area contributed by atoms with Gasteiger partial charge in [-0.3, -0.25) is 4.79 Å². The summed E-state index contributed by atoms with van der Waals surface area (Å²) in [4.78, 5) is 12.3. The van der Waals surface area contributed by atoms with E-state index in [9.17, 15) is 4.79 Å².